The van der Waals surface area contributed by atoms with E-state index in [1.165, 1.54) is 0 Å². The third kappa shape index (κ3) is 5.93. The molecule has 0 spiro atoms. The van der Waals surface area contributed by atoms with Gasteiger partial charge in [-0.1, -0.05) is 15.9 Å². The van der Waals surface area contributed by atoms with E-state index in [9.17, 15) is 13.0 Å². The van der Waals surface area contributed by atoms with Crippen LogP contribution in [-0.2, 0) is 10.4 Å². The summed E-state index contributed by atoms with van der Waals surface area (Å²) in [7, 11) is -4.76. The molecule has 0 heterocycles. The van der Waals surface area contributed by atoms with E-state index in [1.54, 1.807) is 12.1 Å². The molecule has 1 rings (SSSR count). The van der Waals surface area contributed by atoms with Gasteiger partial charge in [0.05, 0.1) is 8.95 Å². The van der Waals surface area contributed by atoms with E-state index in [1.807, 2.05) is 0 Å². The van der Waals surface area contributed by atoms with E-state index >= 15 is 0 Å². The topological polar surface area (TPSA) is 66.4 Å². The zero-order valence-electron chi connectivity index (χ0n) is 7.33. The van der Waals surface area contributed by atoms with Crippen molar-refractivity contribution in [1.29, 1.82) is 0 Å². The average molecular weight is 449 g/mol. The first-order valence-corrected chi connectivity index (χ1v) is 6.80. The zero-order valence-corrected chi connectivity index (χ0v) is 16.0. The summed E-state index contributed by atoms with van der Waals surface area (Å²) in [6.07, 6.45) is 0. The first kappa shape index (κ1) is 17.0. The largest absolute Gasteiger partial charge is 1.00 e. The van der Waals surface area contributed by atoms with Crippen molar-refractivity contribution >= 4 is 58.2 Å². The minimum absolute atomic E-state index is 0. The molecule has 9 heteroatoms. The number of hydrogen-bond acceptors (Lipinski definition) is 4. The third-order valence-electron chi connectivity index (χ3n) is 1.15. The van der Waals surface area contributed by atoms with Crippen molar-refractivity contribution in [3.63, 3.8) is 0 Å². The molecule has 0 saturated carbocycles. The standard InChI is InChI=1S/C6H3Br3O4S.K/c7-3-1-4(8)6(5(9)2-3)13-14(10,11)12;/h1-2H,(H,10,11,12);/q;+1/p-1. The Morgan fingerprint density at radius 3 is 1.87 bits per heavy atom. The van der Waals surface area contributed by atoms with Crippen LogP contribution in [0.4, 0.5) is 0 Å². The van der Waals surface area contributed by atoms with Crippen molar-refractivity contribution in [2.75, 3.05) is 0 Å². The van der Waals surface area contributed by atoms with E-state index in [0.717, 1.165) is 0 Å². The molecule has 0 amide bonds. The summed E-state index contributed by atoms with van der Waals surface area (Å²) >= 11 is 9.31. The zero-order chi connectivity index (χ0) is 10.9. The Balaban J connectivity index is 0.00000196. The Hall–Kier alpha value is 2.01. The minimum atomic E-state index is -4.76. The summed E-state index contributed by atoms with van der Waals surface area (Å²) in [5.74, 6) is -0.0665. The number of benzene rings is 1. The van der Waals surface area contributed by atoms with Crippen LogP contribution in [0.3, 0.4) is 0 Å². The van der Waals surface area contributed by atoms with Gasteiger partial charge in [0.1, 0.15) is 0 Å². The molecule has 78 valence electrons. The molecule has 0 saturated heterocycles. The summed E-state index contributed by atoms with van der Waals surface area (Å²) in [4.78, 5) is 0. The van der Waals surface area contributed by atoms with Gasteiger partial charge in [-0.05, 0) is 44.0 Å². The number of hydrogen-bond donors (Lipinski definition) is 0. The SMILES string of the molecule is O=S(=O)([O-])Oc1c(Br)cc(Br)cc1Br.[K+]. The van der Waals surface area contributed by atoms with Crippen LogP contribution < -0.4 is 55.6 Å². The molecule has 0 bridgehead atoms. The molecule has 0 aliphatic heterocycles. The fraction of sp³-hybridized carbons (Fsp3) is 0. The molecular weight excluding hydrogens is 447 g/mol. The second-order valence-electron chi connectivity index (χ2n) is 2.19. The molecule has 0 radical (unpaired) electrons. The Morgan fingerprint density at radius 1 is 1.13 bits per heavy atom. The predicted molar refractivity (Wildman–Crippen MR) is 59.9 cm³/mol. The van der Waals surface area contributed by atoms with Crippen LogP contribution in [0, 0.1) is 0 Å². The van der Waals surface area contributed by atoms with Crippen LogP contribution >= 0.6 is 47.8 Å². The molecule has 0 fully saturated rings. The normalized spacial score (nSPS) is 10.7. The van der Waals surface area contributed by atoms with E-state index < -0.39 is 10.4 Å². The summed E-state index contributed by atoms with van der Waals surface area (Å²) < 4.78 is 36.7. The molecule has 15 heavy (non-hydrogen) atoms. The van der Waals surface area contributed by atoms with Gasteiger partial charge >= 0.3 is 51.4 Å². The van der Waals surface area contributed by atoms with Crippen molar-refractivity contribution in [1.82, 2.24) is 0 Å². The molecule has 1 aromatic carbocycles. The number of halogens is 3. The Kier molecular flexibility index (Phi) is 7.72. The fourth-order valence-corrected chi connectivity index (χ4v) is 3.73. The van der Waals surface area contributed by atoms with E-state index in [0.29, 0.717) is 13.4 Å². The maximum absolute atomic E-state index is 10.4. The third-order valence-corrected chi connectivity index (χ3v) is 3.16. The minimum Gasteiger partial charge on any atom is -0.716 e. The second-order valence-corrected chi connectivity index (χ2v) is 5.80. The van der Waals surface area contributed by atoms with Gasteiger partial charge < -0.3 is 8.74 Å². The second kappa shape index (κ2) is 6.81. The van der Waals surface area contributed by atoms with Crippen LogP contribution in [0.2, 0.25) is 0 Å². The van der Waals surface area contributed by atoms with Crippen molar-refractivity contribution in [2.24, 2.45) is 0 Å². The quantitative estimate of drug-likeness (QED) is 0.357. The van der Waals surface area contributed by atoms with Crippen LogP contribution in [-0.4, -0.2) is 13.0 Å². The van der Waals surface area contributed by atoms with Gasteiger partial charge in [0.25, 0.3) is 10.4 Å². The fourth-order valence-electron chi connectivity index (χ4n) is 0.711. The molecule has 0 N–H and O–H groups in total. The Labute approximate surface area is 155 Å². The van der Waals surface area contributed by atoms with Crippen molar-refractivity contribution < 1.29 is 68.5 Å². The van der Waals surface area contributed by atoms with Crippen LogP contribution in [0.15, 0.2) is 25.6 Å². The summed E-state index contributed by atoms with van der Waals surface area (Å²) in [5, 5.41) is 0. The molecule has 4 nitrogen and oxygen atoms in total. The van der Waals surface area contributed by atoms with Gasteiger partial charge in [-0.3, -0.25) is 0 Å². The molecule has 0 aromatic heterocycles. The summed E-state index contributed by atoms with van der Waals surface area (Å²) in [6, 6.07) is 3.12. The Morgan fingerprint density at radius 2 is 1.53 bits per heavy atom. The van der Waals surface area contributed by atoms with Crippen LogP contribution in [0.5, 0.6) is 5.75 Å². The maximum atomic E-state index is 10.4. The van der Waals surface area contributed by atoms with Gasteiger partial charge in [0.2, 0.25) is 0 Å². The van der Waals surface area contributed by atoms with Crippen molar-refractivity contribution in [2.45, 2.75) is 0 Å². The van der Waals surface area contributed by atoms with Crippen molar-refractivity contribution in [3.8, 4) is 5.75 Å². The molecule has 0 aliphatic carbocycles. The monoisotopic (exact) mass is 446 g/mol. The first-order valence-electron chi connectivity index (χ1n) is 3.09. The van der Waals surface area contributed by atoms with Crippen molar-refractivity contribution in [3.05, 3.63) is 25.6 Å². The first-order chi connectivity index (χ1) is 6.29. The van der Waals surface area contributed by atoms with E-state index in [4.69, 9.17) is 0 Å². The van der Waals surface area contributed by atoms with Gasteiger partial charge in [-0.15, -0.1) is 0 Å². The van der Waals surface area contributed by atoms with E-state index in [2.05, 4.69) is 52.0 Å². The van der Waals surface area contributed by atoms with Gasteiger partial charge in [0.15, 0.2) is 5.75 Å². The van der Waals surface area contributed by atoms with E-state index in [-0.39, 0.29) is 57.1 Å². The van der Waals surface area contributed by atoms with Crippen LogP contribution in [0.1, 0.15) is 0 Å². The molecule has 0 atom stereocenters. The number of rotatable bonds is 2. The average Bonchev–Trinajstić information content (AvgIpc) is 1.95. The summed E-state index contributed by atoms with van der Waals surface area (Å²) in [5.41, 5.74) is 0. The molecule has 1 aromatic rings. The van der Waals surface area contributed by atoms with Gasteiger partial charge in [0, 0.05) is 4.47 Å². The Bertz CT molecular complexity index is 438. The maximum Gasteiger partial charge on any atom is 1.00 e. The van der Waals surface area contributed by atoms with Gasteiger partial charge in [-0.25, -0.2) is 8.42 Å². The molecule has 0 aliphatic rings. The summed E-state index contributed by atoms with van der Waals surface area (Å²) in [6.45, 7) is 0. The smallest absolute Gasteiger partial charge is 0.716 e. The van der Waals surface area contributed by atoms with Gasteiger partial charge in [-0.2, -0.15) is 0 Å². The molecular formula is C6H2Br3KO4S. The molecule has 0 unspecified atom stereocenters. The van der Waals surface area contributed by atoms with Crippen LogP contribution in [0.25, 0.3) is 0 Å². The predicted octanol–water partition coefficient (Wildman–Crippen LogP) is -0.183.